The quantitative estimate of drug-likeness (QED) is 0.811. The molecule has 5 heteroatoms. The number of aromatic nitrogens is 1. The van der Waals surface area contributed by atoms with Crippen LogP contribution in [0.4, 0.5) is 10.2 Å². The summed E-state index contributed by atoms with van der Waals surface area (Å²) in [7, 11) is 0. The molecule has 0 unspecified atom stereocenters. The van der Waals surface area contributed by atoms with E-state index in [1.807, 2.05) is 0 Å². The first-order chi connectivity index (χ1) is 8.66. The molecule has 1 aromatic rings. The first kappa shape index (κ1) is 12.8. The van der Waals surface area contributed by atoms with Gasteiger partial charge in [-0.3, -0.25) is 0 Å². The molecule has 1 heterocycles. The summed E-state index contributed by atoms with van der Waals surface area (Å²) in [6.45, 7) is 0. The van der Waals surface area contributed by atoms with E-state index < -0.39 is 11.8 Å². The maximum absolute atomic E-state index is 13.0. The number of nitrogens with zero attached hydrogens (tertiary/aromatic N) is 1. The predicted octanol–water partition coefficient (Wildman–Crippen LogP) is 3.05. The number of nitrogens with one attached hydrogen (secondary N) is 1. The zero-order chi connectivity index (χ0) is 13.0. The van der Waals surface area contributed by atoms with Crippen LogP contribution in [-0.2, 0) is 0 Å². The second-order valence-corrected chi connectivity index (χ2v) is 4.69. The third-order valence-corrected chi connectivity index (χ3v) is 3.28. The molecule has 0 radical (unpaired) electrons. The summed E-state index contributed by atoms with van der Waals surface area (Å²) in [6.07, 6.45) is 7.80. The Morgan fingerprint density at radius 1 is 1.33 bits per heavy atom. The Morgan fingerprint density at radius 3 is 2.61 bits per heavy atom. The van der Waals surface area contributed by atoms with Gasteiger partial charge in [0.2, 0.25) is 0 Å². The van der Waals surface area contributed by atoms with Crippen LogP contribution in [0.3, 0.4) is 0 Å². The average molecular weight is 252 g/mol. The fourth-order valence-corrected chi connectivity index (χ4v) is 2.33. The van der Waals surface area contributed by atoms with Gasteiger partial charge in [-0.05, 0) is 18.9 Å². The van der Waals surface area contributed by atoms with Gasteiger partial charge in [-0.15, -0.1) is 0 Å². The van der Waals surface area contributed by atoms with Crippen molar-refractivity contribution in [2.45, 2.75) is 44.6 Å². The lowest BCUT2D eigenvalue weighted by molar-refractivity contribution is 0.0697. The van der Waals surface area contributed by atoms with E-state index in [2.05, 4.69) is 10.3 Å². The zero-order valence-electron chi connectivity index (χ0n) is 10.2. The Morgan fingerprint density at radius 2 is 2.00 bits per heavy atom. The summed E-state index contributed by atoms with van der Waals surface area (Å²) >= 11 is 0. The number of aromatic carboxylic acids is 1. The zero-order valence-corrected chi connectivity index (χ0v) is 10.2. The average Bonchev–Trinajstić information content (AvgIpc) is 2.60. The van der Waals surface area contributed by atoms with Gasteiger partial charge in [0.1, 0.15) is 17.2 Å². The fourth-order valence-electron chi connectivity index (χ4n) is 2.33. The first-order valence-electron chi connectivity index (χ1n) is 6.32. The van der Waals surface area contributed by atoms with Crippen molar-refractivity contribution >= 4 is 11.8 Å². The highest BCUT2D eigenvalue weighted by Gasteiger charge is 2.17. The number of carboxylic acids is 1. The van der Waals surface area contributed by atoms with Crippen LogP contribution in [0.15, 0.2) is 12.3 Å². The first-order valence-corrected chi connectivity index (χ1v) is 6.32. The van der Waals surface area contributed by atoms with Crippen LogP contribution in [-0.4, -0.2) is 22.1 Å². The Kier molecular flexibility index (Phi) is 4.12. The number of carboxylic acid groups (broad SMARTS) is 1. The van der Waals surface area contributed by atoms with Gasteiger partial charge in [0.25, 0.3) is 0 Å². The SMILES string of the molecule is O=C(O)c1cc(F)cnc1NC1CCCCCC1. The predicted molar refractivity (Wildman–Crippen MR) is 66.3 cm³/mol. The molecule has 2 rings (SSSR count). The van der Waals surface area contributed by atoms with Crippen molar-refractivity contribution in [2.24, 2.45) is 0 Å². The minimum absolute atomic E-state index is 0.0979. The van der Waals surface area contributed by atoms with E-state index in [1.165, 1.54) is 12.8 Å². The molecule has 98 valence electrons. The Balaban J connectivity index is 2.14. The van der Waals surface area contributed by atoms with Gasteiger partial charge in [-0.1, -0.05) is 25.7 Å². The van der Waals surface area contributed by atoms with Crippen molar-refractivity contribution in [3.63, 3.8) is 0 Å². The van der Waals surface area contributed by atoms with Gasteiger partial charge >= 0.3 is 5.97 Å². The molecule has 18 heavy (non-hydrogen) atoms. The minimum atomic E-state index is -1.15. The summed E-state index contributed by atoms with van der Waals surface area (Å²) in [4.78, 5) is 14.9. The monoisotopic (exact) mass is 252 g/mol. The van der Waals surface area contributed by atoms with Crippen LogP contribution in [0.2, 0.25) is 0 Å². The highest BCUT2D eigenvalue weighted by molar-refractivity contribution is 5.93. The number of pyridine rings is 1. The molecule has 0 bridgehead atoms. The Bertz CT molecular complexity index is 429. The van der Waals surface area contributed by atoms with Gasteiger partial charge in [-0.2, -0.15) is 0 Å². The van der Waals surface area contributed by atoms with Crippen LogP contribution >= 0.6 is 0 Å². The second-order valence-electron chi connectivity index (χ2n) is 4.69. The number of hydrogen-bond acceptors (Lipinski definition) is 3. The minimum Gasteiger partial charge on any atom is -0.478 e. The van der Waals surface area contributed by atoms with E-state index in [4.69, 9.17) is 5.11 Å². The molecular formula is C13H17FN2O2. The van der Waals surface area contributed by atoms with Crippen molar-refractivity contribution in [3.05, 3.63) is 23.6 Å². The van der Waals surface area contributed by atoms with Crippen LogP contribution in [0.5, 0.6) is 0 Å². The molecule has 0 atom stereocenters. The summed E-state index contributed by atoms with van der Waals surface area (Å²) in [5.41, 5.74) is -0.0979. The molecule has 0 amide bonds. The number of halogens is 1. The molecule has 1 aromatic heterocycles. The molecule has 1 aliphatic carbocycles. The van der Waals surface area contributed by atoms with E-state index in [9.17, 15) is 9.18 Å². The highest BCUT2D eigenvalue weighted by atomic mass is 19.1. The smallest absolute Gasteiger partial charge is 0.339 e. The highest BCUT2D eigenvalue weighted by Crippen LogP contribution is 2.22. The van der Waals surface area contributed by atoms with Crippen LogP contribution < -0.4 is 5.32 Å². The van der Waals surface area contributed by atoms with Crippen LogP contribution in [0.1, 0.15) is 48.9 Å². The molecule has 0 spiro atoms. The summed E-state index contributed by atoms with van der Waals surface area (Å²) < 4.78 is 13.0. The molecule has 4 nitrogen and oxygen atoms in total. The van der Waals surface area contributed by atoms with Gasteiger partial charge in [0.05, 0.1) is 6.20 Å². The van der Waals surface area contributed by atoms with Crippen molar-refractivity contribution in [2.75, 3.05) is 5.32 Å². The topological polar surface area (TPSA) is 62.2 Å². The van der Waals surface area contributed by atoms with E-state index >= 15 is 0 Å². The second kappa shape index (κ2) is 5.80. The maximum Gasteiger partial charge on any atom is 0.339 e. The van der Waals surface area contributed by atoms with Gasteiger partial charge < -0.3 is 10.4 Å². The lowest BCUT2D eigenvalue weighted by atomic mass is 10.1. The number of anilines is 1. The molecular weight excluding hydrogens is 235 g/mol. The lowest BCUT2D eigenvalue weighted by Gasteiger charge is -2.18. The van der Waals surface area contributed by atoms with Crippen LogP contribution in [0.25, 0.3) is 0 Å². The molecule has 0 aliphatic heterocycles. The van der Waals surface area contributed by atoms with Crippen molar-refractivity contribution in [1.82, 2.24) is 4.98 Å². The number of hydrogen-bond donors (Lipinski definition) is 2. The molecule has 1 fully saturated rings. The Hall–Kier alpha value is -1.65. The molecule has 1 aliphatic rings. The fraction of sp³-hybridized carbons (Fsp3) is 0.538. The van der Waals surface area contributed by atoms with Gasteiger partial charge in [0, 0.05) is 6.04 Å². The van der Waals surface area contributed by atoms with Crippen molar-refractivity contribution in [3.8, 4) is 0 Å². The van der Waals surface area contributed by atoms with Gasteiger partial charge in [-0.25, -0.2) is 14.2 Å². The largest absolute Gasteiger partial charge is 0.478 e. The van der Waals surface area contributed by atoms with E-state index in [-0.39, 0.29) is 17.4 Å². The third-order valence-electron chi connectivity index (χ3n) is 3.28. The number of carbonyl (C=O) groups is 1. The molecule has 2 N–H and O–H groups in total. The normalized spacial score (nSPS) is 17.2. The maximum atomic E-state index is 13.0. The third kappa shape index (κ3) is 3.18. The van der Waals surface area contributed by atoms with Crippen LogP contribution in [0, 0.1) is 5.82 Å². The molecule has 0 saturated heterocycles. The van der Waals surface area contributed by atoms with E-state index in [0.29, 0.717) is 0 Å². The standard InChI is InChI=1S/C13H17FN2O2/c14-9-7-11(13(17)18)12(15-8-9)16-10-5-3-1-2-4-6-10/h7-8,10H,1-6H2,(H,15,16)(H,17,18). The Labute approximate surface area is 105 Å². The van der Waals surface area contributed by atoms with Crippen molar-refractivity contribution < 1.29 is 14.3 Å². The summed E-state index contributed by atoms with van der Waals surface area (Å²) in [5, 5.41) is 12.2. The van der Waals surface area contributed by atoms with Crippen molar-refractivity contribution in [1.29, 1.82) is 0 Å². The number of rotatable bonds is 3. The molecule has 0 aromatic carbocycles. The molecule has 1 saturated carbocycles. The van der Waals surface area contributed by atoms with E-state index in [0.717, 1.165) is 37.9 Å². The summed E-state index contributed by atoms with van der Waals surface area (Å²) in [6, 6.07) is 1.25. The lowest BCUT2D eigenvalue weighted by Crippen LogP contribution is -2.21. The van der Waals surface area contributed by atoms with E-state index in [1.54, 1.807) is 0 Å². The van der Waals surface area contributed by atoms with Gasteiger partial charge in [0.15, 0.2) is 0 Å². The summed E-state index contributed by atoms with van der Waals surface area (Å²) in [5.74, 6) is -1.51.